The number of carbonyl (C=O) groups is 1. The van der Waals surface area contributed by atoms with E-state index < -0.39 is 23.4 Å². The minimum atomic E-state index is -4.82. The number of fused-ring (bicyclic) bond motifs is 1. The summed E-state index contributed by atoms with van der Waals surface area (Å²) in [5.74, 6) is -1.21. The van der Waals surface area contributed by atoms with Gasteiger partial charge in [-0.2, -0.15) is 23.4 Å². The topological polar surface area (TPSA) is 69.9 Å². The highest BCUT2D eigenvalue weighted by Crippen LogP contribution is 2.34. The number of halogens is 3. The van der Waals surface area contributed by atoms with Gasteiger partial charge < -0.3 is 4.74 Å². The quantitative estimate of drug-likeness (QED) is 0.688. The molecule has 0 fully saturated rings. The molecule has 6 nitrogen and oxygen atoms in total. The summed E-state index contributed by atoms with van der Waals surface area (Å²) >= 11 is 0. The number of esters is 1. The Morgan fingerprint density at radius 3 is 2.71 bits per heavy atom. The zero-order valence-corrected chi connectivity index (χ0v) is 12.4. The molecule has 2 aromatic heterocycles. The number of hydrogen-bond donors (Lipinski definition) is 0. The predicted molar refractivity (Wildman–Crippen MR) is 77.6 cm³/mol. The predicted octanol–water partition coefficient (Wildman–Crippen LogP) is 3.01. The summed E-state index contributed by atoms with van der Waals surface area (Å²) in [5, 5.41) is 12.2. The van der Waals surface area contributed by atoms with Gasteiger partial charge in [-0.05, 0) is 6.92 Å². The number of rotatable bonds is 3. The van der Waals surface area contributed by atoms with Gasteiger partial charge >= 0.3 is 12.1 Å². The number of ether oxygens (including phenoxy) is 1. The summed E-state index contributed by atoms with van der Waals surface area (Å²) < 4.78 is 45.8. The largest absolute Gasteiger partial charge is 0.462 e. The van der Waals surface area contributed by atoms with Crippen LogP contribution in [0.4, 0.5) is 13.2 Å². The number of hydrogen-bond acceptors (Lipinski definition) is 5. The normalized spacial score (nSPS) is 11.7. The summed E-state index contributed by atoms with van der Waals surface area (Å²) in [4.78, 5) is 11.8. The van der Waals surface area contributed by atoms with Crippen molar-refractivity contribution >= 4 is 16.7 Å². The van der Waals surface area contributed by atoms with Gasteiger partial charge in [0.15, 0.2) is 11.5 Å². The number of aromatic nitrogens is 4. The van der Waals surface area contributed by atoms with E-state index in [9.17, 15) is 18.0 Å². The molecule has 124 valence electrons. The van der Waals surface area contributed by atoms with E-state index in [0.717, 1.165) is 6.20 Å². The monoisotopic (exact) mass is 336 g/mol. The number of benzene rings is 1. The molecule has 2 heterocycles. The maximum absolute atomic E-state index is 13.5. The smallest absolute Gasteiger partial charge is 0.434 e. The molecule has 0 aliphatic carbocycles. The molecule has 24 heavy (non-hydrogen) atoms. The molecule has 0 bridgehead atoms. The fourth-order valence-corrected chi connectivity index (χ4v) is 2.31. The van der Waals surface area contributed by atoms with Crippen LogP contribution in [0.1, 0.15) is 23.0 Å². The Hall–Kier alpha value is -2.97. The van der Waals surface area contributed by atoms with Crippen LogP contribution in [0.2, 0.25) is 0 Å². The Balaban J connectivity index is 2.26. The molecule has 0 atom stereocenters. The van der Waals surface area contributed by atoms with Crippen LogP contribution in [0, 0.1) is 0 Å². The van der Waals surface area contributed by atoms with Crippen LogP contribution in [0.15, 0.2) is 36.7 Å². The average molecular weight is 336 g/mol. The third kappa shape index (κ3) is 2.68. The molecule has 0 aliphatic rings. The lowest BCUT2D eigenvalue weighted by molar-refractivity contribution is -0.143. The zero-order valence-electron chi connectivity index (χ0n) is 12.4. The lowest BCUT2D eigenvalue weighted by Gasteiger charge is -2.12. The second-order valence-corrected chi connectivity index (χ2v) is 4.79. The minimum Gasteiger partial charge on any atom is -0.462 e. The van der Waals surface area contributed by atoms with Crippen molar-refractivity contribution in [3.8, 4) is 5.82 Å². The van der Waals surface area contributed by atoms with E-state index in [1.807, 2.05) is 0 Å². The molecule has 0 unspecified atom stereocenters. The highest BCUT2D eigenvalue weighted by molar-refractivity contribution is 5.92. The van der Waals surface area contributed by atoms with Gasteiger partial charge in [-0.15, -0.1) is 5.10 Å². The van der Waals surface area contributed by atoms with E-state index >= 15 is 0 Å². The van der Waals surface area contributed by atoms with Crippen LogP contribution in [0.25, 0.3) is 16.6 Å². The van der Waals surface area contributed by atoms with Gasteiger partial charge in [-0.1, -0.05) is 24.3 Å². The minimum absolute atomic E-state index is 0.0462. The first-order valence-electron chi connectivity index (χ1n) is 6.96. The second-order valence-electron chi connectivity index (χ2n) is 4.79. The van der Waals surface area contributed by atoms with Crippen molar-refractivity contribution in [1.29, 1.82) is 0 Å². The van der Waals surface area contributed by atoms with Crippen molar-refractivity contribution in [3.05, 3.63) is 47.9 Å². The average Bonchev–Trinajstić information content (AvgIpc) is 3.00. The van der Waals surface area contributed by atoms with Gasteiger partial charge in [0, 0.05) is 10.8 Å². The summed E-state index contributed by atoms with van der Waals surface area (Å²) in [7, 11) is 0. The Morgan fingerprint density at radius 2 is 2.00 bits per heavy atom. The van der Waals surface area contributed by atoms with Crippen LogP contribution >= 0.6 is 0 Å². The fraction of sp³-hybridized carbons (Fsp3) is 0.200. The van der Waals surface area contributed by atoms with Gasteiger partial charge in [-0.25, -0.2) is 9.48 Å². The van der Waals surface area contributed by atoms with Crippen LogP contribution in [-0.2, 0) is 10.9 Å². The molecule has 1 aromatic carbocycles. The second kappa shape index (κ2) is 5.91. The molecular weight excluding hydrogens is 325 g/mol. The molecule has 3 rings (SSSR count). The Labute approximate surface area is 133 Å². The number of nitrogens with zero attached hydrogens (tertiary/aromatic N) is 4. The number of alkyl halides is 3. The third-order valence-electron chi connectivity index (χ3n) is 3.28. The molecule has 0 spiro atoms. The van der Waals surface area contributed by atoms with Crippen LogP contribution in [0.5, 0.6) is 0 Å². The van der Waals surface area contributed by atoms with Gasteiger partial charge in [0.1, 0.15) is 5.56 Å². The molecule has 0 amide bonds. The summed E-state index contributed by atoms with van der Waals surface area (Å²) in [6.45, 7) is 1.46. The van der Waals surface area contributed by atoms with E-state index in [1.54, 1.807) is 24.3 Å². The van der Waals surface area contributed by atoms with E-state index in [1.165, 1.54) is 13.1 Å². The summed E-state index contributed by atoms with van der Waals surface area (Å²) in [6.07, 6.45) is -2.57. The van der Waals surface area contributed by atoms with E-state index in [-0.39, 0.29) is 12.4 Å². The van der Waals surface area contributed by atoms with Crippen molar-refractivity contribution < 1.29 is 22.7 Å². The van der Waals surface area contributed by atoms with E-state index in [2.05, 4.69) is 20.0 Å². The van der Waals surface area contributed by atoms with Gasteiger partial charge in [0.05, 0.1) is 19.0 Å². The first-order valence-corrected chi connectivity index (χ1v) is 6.96. The first-order chi connectivity index (χ1) is 11.4. The van der Waals surface area contributed by atoms with E-state index in [0.29, 0.717) is 15.5 Å². The fourth-order valence-electron chi connectivity index (χ4n) is 2.31. The molecular formula is C15H11F3N4O2. The van der Waals surface area contributed by atoms with E-state index in [4.69, 9.17) is 0 Å². The van der Waals surface area contributed by atoms with Crippen molar-refractivity contribution in [2.75, 3.05) is 6.61 Å². The standard InChI is InChI=1S/C15H11F3N4O2/c1-2-24-14(23)11-8-20-22(12(11)15(16,17)18)13-10-6-4-3-5-9(10)7-19-21-13/h3-8H,2H2,1H3. The SMILES string of the molecule is CCOC(=O)c1cnn(-c2nncc3ccccc23)c1C(F)(F)F. The lowest BCUT2D eigenvalue weighted by atomic mass is 10.2. The van der Waals surface area contributed by atoms with Crippen LogP contribution < -0.4 is 0 Å². The molecule has 0 saturated heterocycles. The summed E-state index contributed by atoms with van der Waals surface area (Å²) in [6, 6.07) is 6.68. The van der Waals surface area contributed by atoms with Crippen molar-refractivity contribution in [2.45, 2.75) is 13.1 Å². The Bertz CT molecular complexity index is 900. The van der Waals surface area contributed by atoms with Crippen LogP contribution in [0.3, 0.4) is 0 Å². The third-order valence-corrected chi connectivity index (χ3v) is 3.28. The van der Waals surface area contributed by atoms with Crippen molar-refractivity contribution in [1.82, 2.24) is 20.0 Å². The molecule has 3 aromatic rings. The maximum atomic E-state index is 13.5. The Kier molecular flexibility index (Phi) is 3.92. The maximum Gasteiger partial charge on any atom is 0.434 e. The highest BCUT2D eigenvalue weighted by atomic mass is 19.4. The highest BCUT2D eigenvalue weighted by Gasteiger charge is 2.41. The molecule has 0 radical (unpaired) electrons. The zero-order chi connectivity index (χ0) is 17.3. The van der Waals surface area contributed by atoms with Crippen molar-refractivity contribution in [2.24, 2.45) is 0 Å². The lowest BCUT2D eigenvalue weighted by Crippen LogP contribution is -2.19. The van der Waals surface area contributed by atoms with Gasteiger partial charge in [0.2, 0.25) is 0 Å². The molecule has 9 heteroatoms. The van der Waals surface area contributed by atoms with Crippen molar-refractivity contribution in [3.63, 3.8) is 0 Å². The molecule has 0 saturated carbocycles. The summed E-state index contributed by atoms with van der Waals surface area (Å²) in [5.41, 5.74) is -1.91. The Morgan fingerprint density at radius 1 is 1.25 bits per heavy atom. The van der Waals surface area contributed by atoms with Gasteiger partial charge in [-0.3, -0.25) is 0 Å². The van der Waals surface area contributed by atoms with Gasteiger partial charge in [0.25, 0.3) is 0 Å². The van der Waals surface area contributed by atoms with Crippen LogP contribution in [-0.4, -0.2) is 32.6 Å². The first kappa shape index (κ1) is 15.9. The molecule has 0 N–H and O–H groups in total. The molecule has 0 aliphatic heterocycles. The number of carbonyl (C=O) groups excluding carboxylic acids is 1.